The summed E-state index contributed by atoms with van der Waals surface area (Å²) >= 11 is 0. The Morgan fingerprint density at radius 3 is 2.84 bits per heavy atom. The summed E-state index contributed by atoms with van der Waals surface area (Å²) in [4.78, 5) is 6.73. The second-order valence-corrected chi connectivity index (χ2v) is 6.62. The Hall–Kier alpha value is -0.870. The van der Waals surface area contributed by atoms with Crippen molar-refractivity contribution >= 4 is 0 Å². The predicted octanol–water partition coefficient (Wildman–Crippen LogP) is 2.13. The standard InChI is InChI=1S/C15H28N4/c1-15(2,3)17-12-14-6-4-9-19(14)10-5-8-18-11-7-16-13-18/h7,11,13-14,17H,4-6,8-10,12H2,1-3H3. The van der Waals surface area contributed by atoms with E-state index in [1.165, 1.54) is 32.4 Å². The summed E-state index contributed by atoms with van der Waals surface area (Å²) in [5.41, 5.74) is 0.227. The lowest BCUT2D eigenvalue weighted by atomic mass is 10.1. The van der Waals surface area contributed by atoms with Gasteiger partial charge in [-0.2, -0.15) is 0 Å². The molecule has 1 N–H and O–H groups in total. The number of hydrogen-bond donors (Lipinski definition) is 1. The molecule has 0 bridgehead atoms. The highest BCUT2D eigenvalue weighted by Crippen LogP contribution is 2.17. The van der Waals surface area contributed by atoms with Crippen LogP contribution in [0.25, 0.3) is 0 Å². The van der Waals surface area contributed by atoms with Gasteiger partial charge >= 0.3 is 0 Å². The van der Waals surface area contributed by atoms with Gasteiger partial charge in [0.05, 0.1) is 6.33 Å². The van der Waals surface area contributed by atoms with Crippen LogP contribution in [0, 0.1) is 0 Å². The van der Waals surface area contributed by atoms with E-state index in [2.05, 4.69) is 40.5 Å². The fraction of sp³-hybridized carbons (Fsp3) is 0.800. The first-order valence-corrected chi connectivity index (χ1v) is 7.49. The van der Waals surface area contributed by atoms with Gasteiger partial charge in [0.15, 0.2) is 0 Å². The van der Waals surface area contributed by atoms with E-state index in [1.807, 2.05) is 18.7 Å². The zero-order valence-electron chi connectivity index (χ0n) is 12.6. The minimum Gasteiger partial charge on any atom is -0.337 e. The Morgan fingerprint density at radius 1 is 1.32 bits per heavy atom. The van der Waals surface area contributed by atoms with Crippen LogP contribution >= 0.6 is 0 Å². The van der Waals surface area contributed by atoms with Gasteiger partial charge in [0.25, 0.3) is 0 Å². The zero-order valence-corrected chi connectivity index (χ0v) is 12.6. The van der Waals surface area contributed by atoms with Crippen LogP contribution in [0.5, 0.6) is 0 Å². The van der Waals surface area contributed by atoms with Gasteiger partial charge in [-0.1, -0.05) is 0 Å². The van der Waals surface area contributed by atoms with Gasteiger partial charge in [0.2, 0.25) is 0 Å². The molecule has 1 aromatic rings. The number of nitrogens with zero attached hydrogens (tertiary/aromatic N) is 3. The summed E-state index contributed by atoms with van der Waals surface area (Å²) in [6.45, 7) is 11.4. The van der Waals surface area contributed by atoms with Crippen molar-refractivity contribution in [3.63, 3.8) is 0 Å². The molecule has 0 spiro atoms. The molecular weight excluding hydrogens is 236 g/mol. The fourth-order valence-corrected chi connectivity index (χ4v) is 2.72. The fourth-order valence-electron chi connectivity index (χ4n) is 2.72. The maximum atomic E-state index is 4.08. The Labute approximate surface area is 117 Å². The molecule has 2 rings (SSSR count). The van der Waals surface area contributed by atoms with E-state index >= 15 is 0 Å². The van der Waals surface area contributed by atoms with Crippen LogP contribution in [0.15, 0.2) is 18.7 Å². The van der Waals surface area contributed by atoms with Crippen LogP contribution < -0.4 is 5.32 Å². The molecule has 0 aromatic carbocycles. The van der Waals surface area contributed by atoms with Crippen LogP contribution in [-0.4, -0.2) is 45.7 Å². The largest absolute Gasteiger partial charge is 0.337 e. The van der Waals surface area contributed by atoms with Crippen molar-refractivity contribution in [2.75, 3.05) is 19.6 Å². The van der Waals surface area contributed by atoms with Crippen molar-refractivity contribution in [2.45, 2.75) is 58.2 Å². The normalized spacial score (nSPS) is 21.1. The molecule has 4 heteroatoms. The first kappa shape index (κ1) is 14.5. The average molecular weight is 264 g/mol. The molecule has 1 saturated heterocycles. The van der Waals surface area contributed by atoms with E-state index in [0.29, 0.717) is 0 Å². The van der Waals surface area contributed by atoms with E-state index in [-0.39, 0.29) is 5.54 Å². The van der Waals surface area contributed by atoms with Gasteiger partial charge in [-0.25, -0.2) is 4.98 Å². The van der Waals surface area contributed by atoms with Crippen molar-refractivity contribution in [2.24, 2.45) is 0 Å². The van der Waals surface area contributed by atoms with E-state index < -0.39 is 0 Å². The van der Waals surface area contributed by atoms with Crippen LogP contribution in [0.1, 0.15) is 40.0 Å². The van der Waals surface area contributed by atoms with Crippen LogP contribution in [0.2, 0.25) is 0 Å². The molecule has 0 amide bonds. The van der Waals surface area contributed by atoms with Crippen molar-refractivity contribution < 1.29 is 0 Å². The summed E-state index contributed by atoms with van der Waals surface area (Å²) in [6, 6.07) is 0.724. The lowest BCUT2D eigenvalue weighted by Gasteiger charge is -2.29. The molecule has 19 heavy (non-hydrogen) atoms. The molecule has 1 atom stereocenters. The van der Waals surface area contributed by atoms with E-state index in [9.17, 15) is 0 Å². The van der Waals surface area contributed by atoms with Gasteiger partial charge in [-0.3, -0.25) is 4.90 Å². The molecule has 1 fully saturated rings. The maximum absolute atomic E-state index is 4.08. The summed E-state index contributed by atoms with van der Waals surface area (Å²) in [5, 5.41) is 3.64. The second-order valence-electron chi connectivity index (χ2n) is 6.62. The quantitative estimate of drug-likeness (QED) is 0.854. The van der Waals surface area contributed by atoms with E-state index in [4.69, 9.17) is 0 Å². The number of rotatable bonds is 6. The number of imidazole rings is 1. The van der Waals surface area contributed by atoms with Gasteiger partial charge < -0.3 is 9.88 Å². The van der Waals surface area contributed by atoms with E-state index in [0.717, 1.165) is 19.1 Å². The summed E-state index contributed by atoms with van der Waals surface area (Å²) in [6.07, 6.45) is 9.70. The highest BCUT2D eigenvalue weighted by molar-refractivity contribution is 4.84. The number of aromatic nitrogens is 2. The minimum absolute atomic E-state index is 0.227. The summed E-state index contributed by atoms with van der Waals surface area (Å²) in [5.74, 6) is 0. The summed E-state index contributed by atoms with van der Waals surface area (Å²) < 4.78 is 2.17. The Morgan fingerprint density at radius 2 is 2.16 bits per heavy atom. The van der Waals surface area contributed by atoms with Crippen molar-refractivity contribution in [3.05, 3.63) is 18.7 Å². The molecular formula is C15H28N4. The molecule has 1 unspecified atom stereocenters. The van der Waals surface area contributed by atoms with Gasteiger partial charge in [0, 0.05) is 43.6 Å². The third-order valence-corrected chi connectivity index (χ3v) is 3.79. The van der Waals surface area contributed by atoms with Crippen LogP contribution in [0.3, 0.4) is 0 Å². The predicted molar refractivity (Wildman–Crippen MR) is 79.2 cm³/mol. The lowest BCUT2D eigenvalue weighted by Crippen LogP contribution is -2.45. The molecule has 0 aliphatic carbocycles. The molecule has 2 heterocycles. The summed E-state index contributed by atoms with van der Waals surface area (Å²) in [7, 11) is 0. The molecule has 1 aliphatic rings. The van der Waals surface area contributed by atoms with Crippen molar-refractivity contribution in [1.82, 2.24) is 19.8 Å². The molecule has 1 aliphatic heterocycles. The molecule has 108 valence electrons. The molecule has 1 aromatic heterocycles. The third-order valence-electron chi connectivity index (χ3n) is 3.79. The lowest BCUT2D eigenvalue weighted by molar-refractivity contribution is 0.227. The highest BCUT2D eigenvalue weighted by Gasteiger charge is 2.24. The minimum atomic E-state index is 0.227. The third kappa shape index (κ3) is 4.96. The Kier molecular flexibility index (Phi) is 4.99. The van der Waals surface area contributed by atoms with Gasteiger partial charge in [0.1, 0.15) is 0 Å². The van der Waals surface area contributed by atoms with Crippen molar-refractivity contribution in [1.29, 1.82) is 0 Å². The monoisotopic (exact) mass is 264 g/mol. The van der Waals surface area contributed by atoms with Crippen LogP contribution in [-0.2, 0) is 6.54 Å². The number of aryl methyl sites for hydroxylation is 1. The number of nitrogens with one attached hydrogen (secondary N) is 1. The Balaban J connectivity index is 1.69. The highest BCUT2D eigenvalue weighted by atomic mass is 15.2. The van der Waals surface area contributed by atoms with E-state index in [1.54, 1.807) is 0 Å². The van der Waals surface area contributed by atoms with Crippen LogP contribution in [0.4, 0.5) is 0 Å². The topological polar surface area (TPSA) is 33.1 Å². The Bertz CT molecular complexity index is 353. The van der Waals surface area contributed by atoms with Crippen molar-refractivity contribution in [3.8, 4) is 0 Å². The number of hydrogen-bond acceptors (Lipinski definition) is 3. The smallest absolute Gasteiger partial charge is 0.0945 e. The molecule has 0 radical (unpaired) electrons. The van der Waals surface area contributed by atoms with Gasteiger partial charge in [-0.15, -0.1) is 0 Å². The average Bonchev–Trinajstić information content (AvgIpc) is 2.96. The number of likely N-dealkylation sites (tertiary alicyclic amines) is 1. The molecule has 4 nitrogen and oxygen atoms in total. The SMILES string of the molecule is CC(C)(C)NCC1CCCN1CCCn1ccnc1. The molecule has 0 saturated carbocycles. The maximum Gasteiger partial charge on any atom is 0.0945 e. The zero-order chi connectivity index (χ0) is 13.7. The first-order valence-electron chi connectivity index (χ1n) is 7.49. The first-order chi connectivity index (χ1) is 9.04. The van der Waals surface area contributed by atoms with Gasteiger partial charge in [-0.05, 0) is 46.6 Å². The second kappa shape index (κ2) is 6.53.